The number of piperidine rings is 1. The number of aromatic nitrogens is 3. The highest BCUT2D eigenvalue weighted by Crippen LogP contribution is 2.37. The maximum absolute atomic E-state index is 4.85. The highest BCUT2D eigenvalue weighted by atomic mass is 15.1. The van der Waals surface area contributed by atoms with Crippen molar-refractivity contribution in [3.63, 3.8) is 0 Å². The minimum absolute atomic E-state index is 0. The molecule has 6 rings (SSSR count). The van der Waals surface area contributed by atoms with E-state index in [0.29, 0.717) is 6.04 Å². The van der Waals surface area contributed by atoms with Gasteiger partial charge in [0.05, 0.1) is 11.2 Å². The van der Waals surface area contributed by atoms with Gasteiger partial charge in [0.25, 0.3) is 0 Å². The monoisotopic (exact) mass is 451 g/mol. The van der Waals surface area contributed by atoms with Crippen LogP contribution >= 0.6 is 0 Å². The summed E-state index contributed by atoms with van der Waals surface area (Å²) in [6.07, 6.45) is 16.1. The summed E-state index contributed by atoms with van der Waals surface area (Å²) in [5, 5.41) is 4.80. The molecule has 0 radical (unpaired) electrons. The quantitative estimate of drug-likeness (QED) is 0.536. The topological polar surface area (TPSA) is 53.9 Å². The zero-order chi connectivity index (χ0) is 23.1. The van der Waals surface area contributed by atoms with E-state index in [4.69, 9.17) is 4.98 Å². The average molecular weight is 452 g/mol. The van der Waals surface area contributed by atoms with Crippen LogP contribution in [-0.2, 0) is 6.42 Å². The van der Waals surface area contributed by atoms with Crippen molar-refractivity contribution in [2.75, 3.05) is 25.5 Å². The Kier molecular flexibility index (Phi) is 5.50. The van der Waals surface area contributed by atoms with Crippen molar-refractivity contribution in [2.24, 2.45) is 0 Å². The Morgan fingerprint density at radius 3 is 2.65 bits per heavy atom. The maximum Gasteiger partial charge on any atom is 0.137 e. The summed E-state index contributed by atoms with van der Waals surface area (Å²) in [6, 6.07) is 9.35. The minimum Gasteiger partial charge on any atom is -0.367 e. The zero-order valence-corrected chi connectivity index (χ0v) is 20.0. The molecule has 0 bridgehead atoms. The lowest BCUT2D eigenvalue weighted by Gasteiger charge is -2.30. The summed E-state index contributed by atoms with van der Waals surface area (Å²) in [5.41, 5.74) is 9.74. The molecule has 3 heterocycles. The molecule has 1 N–H and O–H groups in total. The van der Waals surface area contributed by atoms with Crippen LogP contribution in [-0.4, -0.2) is 46.0 Å². The summed E-state index contributed by atoms with van der Waals surface area (Å²) in [6.45, 7) is 4.45. The average Bonchev–Trinajstić information content (AvgIpc) is 3.29. The van der Waals surface area contributed by atoms with Crippen LogP contribution in [0, 0.1) is 0 Å². The van der Waals surface area contributed by atoms with Gasteiger partial charge < -0.3 is 10.2 Å². The Hall–Kier alpha value is -3.31. The largest absolute Gasteiger partial charge is 0.367 e. The Morgan fingerprint density at radius 1 is 0.941 bits per heavy atom. The Labute approximate surface area is 202 Å². The normalized spacial score (nSPS) is 18.9. The molecule has 0 saturated carbocycles. The third-order valence-electron chi connectivity index (χ3n) is 7.47. The number of nitrogens with one attached hydrogen (secondary N) is 1. The van der Waals surface area contributed by atoms with Crippen LogP contribution in [0.25, 0.3) is 22.0 Å². The molecule has 0 amide bonds. The van der Waals surface area contributed by atoms with E-state index < -0.39 is 0 Å². The molecule has 3 aromatic rings. The number of fused-ring (bicyclic) bond motifs is 2. The minimum atomic E-state index is 0. The second kappa shape index (κ2) is 8.80. The fourth-order valence-electron chi connectivity index (χ4n) is 5.45. The number of hydrogen-bond donors (Lipinski definition) is 1. The summed E-state index contributed by atoms with van der Waals surface area (Å²) in [4.78, 5) is 16.4. The summed E-state index contributed by atoms with van der Waals surface area (Å²) in [7, 11) is 2.19. The standard InChI is InChI=1S/C29H31N5.H2/c1-19-5-3-4-6-23(19)21-16-25-24(8-10-27(25)30-17-21)20-7-9-28-26(15-20)29(32-18-31-28)33-22-11-13-34(2)14-12-22;/h5-9,15-18,22H,3-4,10-14H2,1-2H3,(H,31,32,33);1H. The van der Waals surface area contributed by atoms with Gasteiger partial charge >= 0.3 is 0 Å². The smallest absolute Gasteiger partial charge is 0.137 e. The lowest BCUT2D eigenvalue weighted by Crippen LogP contribution is -2.36. The zero-order valence-electron chi connectivity index (χ0n) is 20.0. The molecule has 2 aliphatic carbocycles. The number of anilines is 1. The second-order valence-electron chi connectivity index (χ2n) is 9.80. The molecule has 174 valence electrons. The highest BCUT2D eigenvalue weighted by Gasteiger charge is 2.21. The van der Waals surface area contributed by atoms with Crippen LogP contribution in [0.2, 0.25) is 0 Å². The van der Waals surface area contributed by atoms with Crippen molar-refractivity contribution >= 4 is 27.9 Å². The van der Waals surface area contributed by atoms with Gasteiger partial charge in [-0.15, -0.1) is 0 Å². The van der Waals surface area contributed by atoms with Crippen molar-refractivity contribution in [1.29, 1.82) is 0 Å². The molecule has 0 atom stereocenters. The van der Waals surface area contributed by atoms with Gasteiger partial charge in [0.15, 0.2) is 0 Å². The first kappa shape index (κ1) is 21.2. The van der Waals surface area contributed by atoms with Crippen molar-refractivity contribution in [3.05, 3.63) is 83.0 Å². The van der Waals surface area contributed by atoms with Gasteiger partial charge in [0, 0.05) is 36.6 Å². The molecule has 5 heteroatoms. The maximum atomic E-state index is 4.85. The van der Waals surface area contributed by atoms with Gasteiger partial charge in [0.1, 0.15) is 12.1 Å². The fraction of sp³-hybridized carbons (Fsp3) is 0.345. The molecule has 1 aromatic carbocycles. The van der Waals surface area contributed by atoms with E-state index in [9.17, 15) is 0 Å². The van der Waals surface area contributed by atoms with E-state index in [1.165, 1.54) is 33.4 Å². The van der Waals surface area contributed by atoms with Crippen LogP contribution in [0.15, 0.2) is 60.6 Å². The molecule has 2 aromatic heterocycles. The van der Waals surface area contributed by atoms with Gasteiger partial charge in [-0.05, 0) is 93.2 Å². The first-order valence-corrected chi connectivity index (χ1v) is 12.4. The predicted octanol–water partition coefficient (Wildman–Crippen LogP) is 5.89. The second-order valence-corrected chi connectivity index (χ2v) is 9.80. The van der Waals surface area contributed by atoms with Gasteiger partial charge in [-0.1, -0.05) is 24.3 Å². The van der Waals surface area contributed by atoms with E-state index in [2.05, 4.69) is 76.6 Å². The van der Waals surface area contributed by atoms with E-state index >= 15 is 0 Å². The van der Waals surface area contributed by atoms with Crippen LogP contribution in [0.1, 0.15) is 56.4 Å². The van der Waals surface area contributed by atoms with Crippen molar-refractivity contribution in [2.45, 2.75) is 45.1 Å². The van der Waals surface area contributed by atoms with Crippen LogP contribution in [0.3, 0.4) is 0 Å². The lowest BCUT2D eigenvalue weighted by molar-refractivity contribution is 0.264. The van der Waals surface area contributed by atoms with Gasteiger partial charge in [-0.2, -0.15) is 0 Å². The van der Waals surface area contributed by atoms with Gasteiger partial charge in [0.2, 0.25) is 0 Å². The molecule has 1 saturated heterocycles. The van der Waals surface area contributed by atoms with Crippen molar-refractivity contribution in [3.8, 4) is 0 Å². The first-order valence-electron chi connectivity index (χ1n) is 12.4. The number of hydrogen-bond acceptors (Lipinski definition) is 5. The Bertz CT molecular complexity index is 1350. The third kappa shape index (κ3) is 3.94. The Balaban J connectivity index is 0.00000253. The van der Waals surface area contributed by atoms with E-state index in [0.717, 1.165) is 67.6 Å². The number of likely N-dealkylation sites (tertiary alicyclic amines) is 1. The third-order valence-corrected chi connectivity index (χ3v) is 7.47. The molecule has 0 spiro atoms. The number of allylic oxidation sites excluding steroid dienone is 5. The number of rotatable bonds is 4. The van der Waals surface area contributed by atoms with Gasteiger partial charge in [-0.25, -0.2) is 9.97 Å². The van der Waals surface area contributed by atoms with E-state index in [1.54, 1.807) is 6.33 Å². The lowest BCUT2D eigenvalue weighted by atomic mass is 9.91. The number of benzene rings is 1. The molecule has 34 heavy (non-hydrogen) atoms. The highest BCUT2D eigenvalue weighted by molar-refractivity contribution is 5.95. The summed E-state index contributed by atoms with van der Waals surface area (Å²) in [5.74, 6) is 0.945. The first-order chi connectivity index (χ1) is 16.7. The van der Waals surface area contributed by atoms with Crippen LogP contribution in [0.4, 0.5) is 5.82 Å². The number of nitrogens with zero attached hydrogens (tertiary/aromatic N) is 4. The fourth-order valence-corrected chi connectivity index (χ4v) is 5.45. The molecule has 3 aliphatic rings. The van der Waals surface area contributed by atoms with Crippen LogP contribution in [0.5, 0.6) is 0 Å². The van der Waals surface area contributed by atoms with Crippen molar-refractivity contribution in [1.82, 2.24) is 19.9 Å². The summed E-state index contributed by atoms with van der Waals surface area (Å²) < 4.78 is 0. The molecular formula is C29H33N5. The SMILES string of the molecule is CC1=CCCC=C1c1cnc2c(c1)C(c1ccc3ncnc(NC4CCN(C)CC4)c3c1)=CC2.[HH]. The molecule has 1 aliphatic heterocycles. The molecule has 5 nitrogen and oxygen atoms in total. The molecule has 1 fully saturated rings. The van der Waals surface area contributed by atoms with Crippen LogP contribution < -0.4 is 5.32 Å². The van der Waals surface area contributed by atoms with E-state index in [-0.39, 0.29) is 1.43 Å². The summed E-state index contributed by atoms with van der Waals surface area (Å²) >= 11 is 0. The van der Waals surface area contributed by atoms with Crippen molar-refractivity contribution < 1.29 is 1.43 Å². The predicted molar refractivity (Wildman–Crippen MR) is 142 cm³/mol. The van der Waals surface area contributed by atoms with Gasteiger partial charge in [-0.3, -0.25) is 4.98 Å². The molecule has 0 unspecified atom stereocenters. The van der Waals surface area contributed by atoms with E-state index in [1.807, 2.05) is 6.20 Å². The number of pyridine rings is 1. The Morgan fingerprint density at radius 2 is 1.79 bits per heavy atom. The molecular weight excluding hydrogens is 418 g/mol.